The van der Waals surface area contributed by atoms with Crippen LogP contribution in [0.4, 0.5) is 0 Å². The maximum absolute atomic E-state index is 12.7. The first kappa shape index (κ1) is 14.1. The minimum Gasteiger partial charge on any atom is -0.390 e. The molecule has 3 heterocycles. The van der Waals surface area contributed by atoms with Gasteiger partial charge in [0.25, 0.3) is 0 Å². The van der Waals surface area contributed by atoms with E-state index in [4.69, 9.17) is 5.11 Å². The Labute approximate surface area is 119 Å². The molecule has 0 radical (unpaired) electrons. The Bertz CT molecular complexity index is 569. The molecule has 0 saturated carbocycles. The standard InChI is InChI=1S/C13H21N3O3S/c17-10-11-7-13(8-14-11)20(18,19)16-6-2-5-15-4-1-3-12(15)9-16/h7-8,12,14,17H,1-6,9-10H2. The number of aromatic amines is 1. The first-order valence-corrected chi connectivity index (χ1v) is 8.57. The normalized spacial score (nSPS) is 25.6. The van der Waals surface area contributed by atoms with Gasteiger partial charge in [0.1, 0.15) is 0 Å². The molecule has 1 aromatic rings. The summed E-state index contributed by atoms with van der Waals surface area (Å²) in [5.74, 6) is 0. The Hall–Kier alpha value is -0.890. The van der Waals surface area contributed by atoms with Gasteiger partial charge >= 0.3 is 0 Å². The number of aliphatic hydroxyl groups is 1. The van der Waals surface area contributed by atoms with E-state index in [9.17, 15) is 8.42 Å². The van der Waals surface area contributed by atoms with Crippen LogP contribution in [0.2, 0.25) is 0 Å². The van der Waals surface area contributed by atoms with Crippen LogP contribution in [-0.4, -0.2) is 59.9 Å². The second-order valence-electron chi connectivity index (χ2n) is 5.57. The van der Waals surface area contributed by atoms with Crippen molar-refractivity contribution in [3.05, 3.63) is 18.0 Å². The third-order valence-electron chi connectivity index (χ3n) is 4.29. The number of aliphatic hydroxyl groups excluding tert-OH is 1. The summed E-state index contributed by atoms with van der Waals surface area (Å²) in [6, 6.07) is 1.88. The molecule has 1 unspecified atom stereocenters. The fourth-order valence-corrected chi connectivity index (χ4v) is 4.73. The molecule has 1 atom stereocenters. The molecule has 2 aliphatic heterocycles. The van der Waals surface area contributed by atoms with Gasteiger partial charge in [0, 0.05) is 31.0 Å². The SMILES string of the molecule is O=S(=O)(c1c[nH]c(CO)c1)N1CCCN2CCCC2C1. The first-order valence-electron chi connectivity index (χ1n) is 7.13. The quantitative estimate of drug-likeness (QED) is 0.845. The summed E-state index contributed by atoms with van der Waals surface area (Å²) in [5.41, 5.74) is 0.529. The van der Waals surface area contributed by atoms with Gasteiger partial charge in [-0.1, -0.05) is 0 Å². The second-order valence-corrected chi connectivity index (χ2v) is 7.51. The third-order valence-corrected chi connectivity index (χ3v) is 6.13. The molecule has 20 heavy (non-hydrogen) atoms. The van der Waals surface area contributed by atoms with Crippen molar-refractivity contribution in [3.63, 3.8) is 0 Å². The molecular weight excluding hydrogens is 278 g/mol. The smallest absolute Gasteiger partial charge is 0.244 e. The Morgan fingerprint density at radius 1 is 1.30 bits per heavy atom. The minimum absolute atomic E-state index is 0.175. The molecular formula is C13H21N3O3S. The van der Waals surface area contributed by atoms with Crippen LogP contribution in [0.25, 0.3) is 0 Å². The molecule has 0 bridgehead atoms. The van der Waals surface area contributed by atoms with Crippen molar-refractivity contribution in [1.29, 1.82) is 0 Å². The highest BCUT2D eigenvalue weighted by molar-refractivity contribution is 7.89. The lowest BCUT2D eigenvalue weighted by Crippen LogP contribution is -2.39. The zero-order valence-electron chi connectivity index (χ0n) is 11.5. The highest BCUT2D eigenvalue weighted by Crippen LogP contribution is 2.25. The van der Waals surface area contributed by atoms with Crippen LogP contribution in [0, 0.1) is 0 Å². The molecule has 0 spiro atoms. The summed E-state index contributed by atoms with van der Waals surface area (Å²) >= 11 is 0. The van der Waals surface area contributed by atoms with E-state index in [-0.39, 0.29) is 11.5 Å². The van der Waals surface area contributed by atoms with Crippen LogP contribution in [0.5, 0.6) is 0 Å². The molecule has 7 heteroatoms. The van der Waals surface area contributed by atoms with E-state index < -0.39 is 10.0 Å². The topological polar surface area (TPSA) is 76.6 Å². The predicted octanol–water partition coefficient (Wildman–Crippen LogP) is 0.366. The third kappa shape index (κ3) is 2.50. The number of nitrogens with one attached hydrogen (secondary N) is 1. The molecule has 2 saturated heterocycles. The zero-order valence-corrected chi connectivity index (χ0v) is 12.3. The van der Waals surface area contributed by atoms with Crippen LogP contribution in [0.1, 0.15) is 25.0 Å². The van der Waals surface area contributed by atoms with E-state index >= 15 is 0 Å². The fourth-order valence-electron chi connectivity index (χ4n) is 3.20. The molecule has 2 fully saturated rings. The highest BCUT2D eigenvalue weighted by Gasteiger charge is 2.34. The van der Waals surface area contributed by atoms with Crippen molar-refractivity contribution >= 4 is 10.0 Å². The summed E-state index contributed by atoms with van der Waals surface area (Å²) in [4.78, 5) is 5.46. The number of hydrogen-bond donors (Lipinski definition) is 2. The number of hydrogen-bond acceptors (Lipinski definition) is 4. The number of fused-ring (bicyclic) bond motifs is 1. The summed E-state index contributed by atoms with van der Waals surface area (Å²) in [7, 11) is -3.45. The van der Waals surface area contributed by atoms with E-state index in [2.05, 4.69) is 9.88 Å². The van der Waals surface area contributed by atoms with E-state index in [1.807, 2.05) is 0 Å². The van der Waals surface area contributed by atoms with Crippen LogP contribution in [-0.2, 0) is 16.6 Å². The number of aromatic nitrogens is 1. The van der Waals surface area contributed by atoms with Crippen molar-refractivity contribution in [1.82, 2.24) is 14.2 Å². The molecule has 112 valence electrons. The Morgan fingerprint density at radius 2 is 2.10 bits per heavy atom. The van der Waals surface area contributed by atoms with Gasteiger partial charge in [-0.15, -0.1) is 0 Å². The maximum atomic E-state index is 12.7. The van der Waals surface area contributed by atoms with Crippen molar-refractivity contribution in [3.8, 4) is 0 Å². The van der Waals surface area contributed by atoms with E-state index in [1.54, 1.807) is 4.31 Å². The van der Waals surface area contributed by atoms with Crippen molar-refractivity contribution in [2.75, 3.05) is 26.2 Å². The van der Waals surface area contributed by atoms with Gasteiger partial charge in [-0.2, -0.15) is 4.31 Å². The van der Waals surface area contributed by atoms with Crippen molar-refractivity contribution in [2.24, 2.45) is 0 Å². The number of sulfonamides is 1. The van der Waals surface area contributed by atoms with E-state index in [0.29, 0.717) is 24.8 Å². The lowest BCUT2D eigenvalue weighted by Gasteiger charge is -2.24. The lowest BCUT2D eigenvalue weighted by molar-refractivity contribution is 0.257. The first-order chi connectivity index (χ1) is 9.61. The monoisotopic (exact) mass is 299 g/mol. The number of nitrogens with zero attached hydrogens (tertiary/aromatic N) is 2. The van der Waals surface area contributed by atoms with Crippen LogP contribution >= 0.6 is 0 Å². The zero-order chi connectivity index (χ0) is 14.2. The van der Waals surface area contributed by atoms with E-state index in [0.717, 1.165) is 32.4 Å². The molecule has 2 aliphatic rings. The Balaban J connectivity index is 1.82. The van der Waals surface area contributed by atoms with Crippen LogP contribution < -0.4 is 0 Å². The lowest BCUT2D eigenvalue weighted by atomic mass is 10.2. The largest absolute Gasteiger partial charge is 0.390 e. The summed E-state index contributed by atoms with van der Waals surface area (Å²) < 4.78 is 26.9. The molecule has 0 amide bonds. The number of H-pyrrole nitrogens is 1. The summed E-state index contributed by atoms with van der Waals surface area (Å²) in [6.45, 7) is 3.08. The highest BCUT2D eigenvalue weighted by atomic mass is 32.2. The van der Waals surface area contributed by atoms with Gasteiger partial charge in [-0.05, 0) is 38.4 Å². The van der Waals surface area contributed by atoms with Gasteiger partial charge in [0.2, 0.25) is 10.0 Å². The molecule has 0 aromatic carbocycles. The molecule has 6 nitrogen and oxygen atoms in total. The summed E-state index contributed by atoms with van der Waals surface area (Å²) in [5, 5.41) is 9.05. The van der Waals surface area contributed by atoms with Gasteiger partial charge in [-0.25, -0.2) is 8.42 Å². The maximum Gasteiger partial charge on any atom is 0.244 e. The Morgan fingerprint density at radius 3 is 2.85 bits per heavy atom. The molecule has 1 aromatic heterocycles. The average Bonchev–Trinajstić information content (AvgIpc) is 3.04. The average molecular weight is 299 g/mol. The van der Waals surface area contributed by atoms with E-state index in [1.165, 1.54) is 12.3 Å². The van der Waals surface area contributed by atoms with Crippen LogP contribution in [0.15, 0.2) is 17.2 Å². The number of rotatable bonds is 3. The van der Waals surface area contributed by atoms with Crippen LogP contribution in [0.3, 0.4) is 0 Å². The van der Waals surface area contributed by atoms with Gasteiger partial charge in [0.15, 0.2) is 0 Å². The van der Waals surface area contributed by atoms with Crippen molar-refractivity contribution < 1.29 is 13.5 Å². The predicted molar refractivity (Wildman–Crippen MR) is 74.7 cm³/mol. The Kier molecular flexibility index (Phi) is 3.85. The molecule has 3 rings (SSSR count). The second kappa shape index (κ2) is 5.48. The minimum atomic E-state index is -3.45. The van der Waals surface area contributed by atoms with Gasteiger partial charge < -0.3 is 10.1 Å². The summed E-state index contributed by atoms with van der Waals surface area (Å²) in [6.07, 6.45) is 4.60. The molecule has 2 N–H and O–H groups in total. The van der Waals surface area contributed by atoms with Gasteiger partial charge in [-0.3, -0.25) is 4.90 Å². The van der Waals surface area contributed by atoms with Crippen molar-refractivity contribution in [2.45, 2.75) is 36.8 Å². The molecule has 0 aliphatic carbocycles. The fraction of sp³-hybridized carbons (Fsp3) is 0.692. The van der Waals surface area contributed by atoms with Gasteiger partial charge in [0.05, 0.1) is 11.5 Å².